The summed E-state index contributed by atoms with van der Waals surface area (Å²) in [6, 6.07) is 11.0. The minimum atomic E-state index is -0.552. The van der Waals surface area contributed by atoms with E-state index >= 15 is 0 Å². The van der Waals surface area contributed by atoms with Gasteiger partial charge in [0.1, 0.15) is 17.6 Å². The van der Waals surface area contributed by atoms with Crippen LogP contribution in [-0.4, -0.2) is 17.9 Å². The molecule has 0 radical (unpaired) electrons. The number of amides is 2. The topological polar surface area (TPSA) is 71.3 Å². The highest BCUT2D eigenvalue weighted by molar-refractivity contribution is 9.10. The highest BCUT2D eigenvalue weighted by atomic mass is 79.9. The van der Waals surface area contributed by atoms with Gasteiger partial charge >= 0.3 is 0 Å². The van der Waals surface area contributed by atoms with Crippen LogP contribution in [0.4, 0.5) is 0 Å². The van der Waals surface area contributed by atoms with Gasteiger partial charge in [-0.3, -0.25) is 9.59 Å². The maximum absolute atomic E-state index is 12.2. The van der Waals surface area contributed by atoms with Crippen molar-refractivity contribution in [1.82, 2.24) is 10.6 Å². The number of carbonyl (C=O) groups excluding carboxylic acids is 2. The molecular weight excluding hydrogens is 372 g/mol. The number of halogens is 1. The van der Waals surface area contributed by atoms with Crippen LogP contribution < -0.4 is 10.6 Å². The summed E-state index contributed by atoms with van der Waals surface area (Å²) in [5, 5.41) is 5.47. The van der Waals surface area contributed by atoms with Crippen molar-refractivity contribution in [2.24, 2.45) is 5.92 Å². The summed E-state index contributed by atoms with van der Waals surface area (Å²) in [5.41, 5.74) is 0.967. The highest BCUT2D eigenvalue weighted by Gasteiger charge is 2.22. The number of benzene rings is 1. The number of rotatable bonds is 6. The molecule has 6 heteroatoms. The van der Waals surface area contributed by atoms with Crippen molar-refractivity contribution in [3.8, 4) is 11.3 Å². The first-order chi connectivity index (χ1) is 11.4. The number of nitrogens with one attached hydrogen (secondary N) is 2. The second-order valence-corrected chi connectivity index (χ2v) is 6.83. The summed E-state index contributed by atoms with van der Waals surface area (Å²) in [5.74, 6) is 0.964. The lowest BCUT2D eigenvalue weighted by Crippen LogP contribution is -2.48. The summed E-state index contributed by atoms with van der Waals surface area (Å²) in [7, 11) is 0. The smallest absolute Gasteiger partial charge is 0.243 e. The predicted molar refractivity (Wildman–Crippen MR) is 96.1 cm³/mol. The van der Waals surface area contributed by atoms with E-state index in [1.165, 1.54) is 6.92 Å². The standard InChI is InChI=1S/C18H21BrN2O3/c1-11(2)17(21-12(3)22)18(23)20-10-15-8-9-16(24-15)13-4-6-14(19)7-5-13/h4-9,11,17H,10H2,1-3H3,(H,20,23)(H,21,22)/t17-/m1/s1. The Morgan fingerprint density at radius 2 is 1.79 bits per heavy atom. The third-order valence-electron chi connectivity index (χ3n) is 3.54. The molecule has 0 aliphatic rings. The highest BCUT2D eigenvalue weighted by Crippen LogP contribution is 2.23. The van der Waals surface area contributed by atoms with E-state index in [0.717, 1.165) is 15.8 Å². The minimum absolute atomic E-state index is 0.00354. The molecule has 0 saturated carbocycles. The van der Waals surface area contributed by atoms with Crippen LogP contribution in [0.1, 0.15) is 26.5 Å². The van der Waals surface area contributed by atoms with Gasteiger partial charge in [-0.15, -0.1) is 0 Å². The average Bonchev–Trinajstić information content (AvgIpc) is 2.99. The molecule has 0 saturated heterocycles. The molecule has 1 aromatic carbocycles. The van der Waals surface area contributed by atoms with E-state index in [0.29, 0.717) is 5.76 Å². The second kappa shape index (κ2) is 8.15. The average molecular weight is 393 g/mol. The van der Waals surface area contributed by atoms with E-state index in [-0.39, 0.29) is 24.3 Å². The van der Waals surface area contributed by atoms with Crippen molar-refractivity contribution in [3.63, 3.8) is 0 Å². The summed E-state index contributed by atoms with van der Waals surface area (Å²) in [6.45, 7) is 5.45. The zero-order valence-electron chi connectivity index (χ0n) is 13.9. The van der Waals surface area contributed by atoms with Gasteiger partial charge in [0.15, 0.2) is 0 Å². The van der Waals surface area contributed by atoms with Gasteiger partial charge < -0.3 is 15.1 Å². The quantitative estimate of drug-likeness (QED) is 0.790. The van der Waals surface area contributed by atoms with Crippen LogP contribution in [0.2, 0.25) is 0 Å². The zero-order chi connectivity index (χ0) is 17.7. The maximum atomic E-state index is 12.2. The molecule has 2 aromatic rings. The molecule has 0 bridgehead atoms. The Hall–Kier alpha value is -2.08. The second-order valence-electron chi connectivity index (χ2n) is 5.91. The van der Waals surface area contributed by atoms with Gasteiger partial charge in [-0.25, -0.2) is 0 Å². The molecule has 0 unspecified atom stereocenters. The van der Waals surface area contributed by atoms with Gasteiger partial charge in [0.25, 0.3) is 0 Å². The van der Waals surface area contributed by atoms with E-state index < -0.39 is 6.04 Å². The van der Waals surface area contributed by atoms with Crippen molar-refractivity contribution in [1.29, 1.82) is 0 Å². The molecule has 128 valence electrons. The van der Waals surface area contributed by atoms with Crippen LogP contribution in [0.15, 0.2) is 45.3 Å². The lowest BCUT2D eigenvalue weighted by molar-refractivity contribution is -0.129. The van der Waals surface area contributed by atoms with Crippen LogP contribution in [0, 0.1) is 5.92 Å². The third-order valence-corrected chi connectivity index (χ3v) is 4.06. The number of hydrogen-bond donors (Lipinski definition) is 2. The van der Waals surface area contributed by atoms with Crippen LogP contribution >= 0.6 is 15.9 Å². The first kappa shape index (κ1) is 18.3. The number of furan rings is 1. The molecule has 0 aliphatic carbocycles. The molecule has 0 fully saturated rings. The Labute approximate surface area is 149 Å². The number of hydrogen-bond acceptors (Lipinski definition) is 3. The molecule has 2 amide bonds. The van der Waals surface area contributed by atoms with Crippen LogP contribution in [-0.2, 0) is 16.1 Å². The van der Waals surface area contributed by atoms with E-state index in [1.54, 1.807) is 0 Å². The van der Waals surface area contributed by atoms with Crippen LogP contribution in [0.25, 0.3) is 11.3 Å². The van der Waals surface area contributed by atoms with Gasteiger partial charge in [-0.05, 0) is 30.2 Å². The summed E-state index contributed by atoms with van der Waals surface area (Å²) >= 11 is 3.40. The van der Waals surface area contributed by atoms with Gasteiger partial charge in [0, 0.05) is 17.0 Å². The normalized spacial score (nSPS) is 12.0. The fourth-order valence-corrected chi connectivity index (χ4v) is 2.54. The minimum Gasteiger partial charge on any atom is -0.459 e. The molecule has 1 aromatic heterocycles. The fraction of sp³-hybridized carbons (Fsp3) is 0.333. The molecule has 2 rings (SSSR count). The Morgan fingerprint density at radius 1 is 1.12 bits per heavy atom. The molecular formula is C18H21BrN2O3. The predicted octanol–water partition coefficient (Wildman–Crippen LogP) is 3.49. The maximum Gasteiger partial charge on any atom is 0.243 e. The van der Waals surface area contributed by atoms with Crippen molar-refractivity contribution >= 4 is 27.7 Å². The molecule has 1 atom stereocenters. The lowest BCUT2D eigenvalue weighted by atomic mass is 10.0. The monoisotopic (exact) mass is 392 g/mol. The Morgan fingerprint density at radius 3 is 2.38 bits per heavy atom. The molecule has 1 heterocycles. The van der Waals surface area contributed by atoms with Gasteiger partial charge in [-0.2, -0.15) is 0 Å². The lowest BCUT2D eigenvalue weighted by Gasteiger charge is -2.20. The molecule has 2 N–H and O–H groups in total. The van der Waals surface area contributed by atoms with E-state index in [9.17, 15) is 9.59 Å². The van der Waals surface area contributed by atoms with Gasteiger partial charge in [0.2, 0.25) is 11.8 Å². The molecule has 24 heavy (non-hydrogen) atoms. The van der Waals surface area contributed by atoms with Crippen molar-refractivity contribution in [3.05, 3.63) is 46.6 Å². The van der Waals surface area contributed by atoms with Crippen molar-refractivity contribution < 1.29 is 14.0 Å². The van der Waals surface area contributed by atoms with Crippen molar-refractivity contribution in [2.45, 2.75) is 33.4 Å². The SMILES string of the molecule is CC(=O)N[C@@H](C(=O)NCc1ccc(-c2ccc(Br)cc2)o1)C(C)C. The van der Waals surface area contributed by atoms with Crippen LogP contribution in [0.5, 0.6) is 0 Å². The summed E-state index contributed by atoms with van der Waals surface area (Å²) < 4.78 is 6.77. The van der Waals surface area contributed by atoms with E-state index in [2.05, 4.69) is 26.6 Å². The first-order valence-corrected chi connectivity index (χ1v) is 8.55. The Bertz CT molecular complexity index is 707. The van der Waals surface area contributed by atoms with Gasteiger partial charge in [0.05, 0.1) is 6.54 Å². The van der Waals surface area contributed by atoms with Crippen LogP contribution in [0.3, 0.4) is 0 Å². The fourth-order valence-electron chi connectivity index (χ4n) is 2.28. The zero-order valence-corrected chi connectivity index (χ0v) is 15.5. The molecule has 5 nitrogen and oxygen atoms in total. The van der Waals surface area contributed by atoms with Gasteiger partial charge in [-0.1, -0.05) is 41.9 Å². The molecule has 0 aliphatic heterocycles. The third kappa shape index (κ3) is 4.96. The first-order valence-electron chi connectivity index (χ1n) is 7.76. The molecule has 0 spiro atoms. The summed E-state index contributed by atoms with van der Waals surface area (Å²) in [4.78, 5) is 23.4. The Kier molecular flexibility index (Phi) is 6.20. The summed E-state index contributed by atoms with van der Waals surface area (Å²) in [6.07, 6.45) is 0. The number of carbonyl (C=O) groups is 2. The Balaban J connectivity index is 1.98. The van der Waals surface area contributed by atoms with E-state index in [4.69, 9.17) is 4.42 Å². The van der Waals surface area contributed by atoms with Crippen molar-refractivity contribution in [2.75, 3.05) is 0 Å². The van der Waals surface area contributed by atoms with E-state index in [1.807, 2.05) is 50.2 Å². The largest absolute Gasteiger partial charge is 0.459 e.